The summed E-state index contributed by atoms with van der Waals surface area (Å²) in [5.41, 5.74) is 5.44. The Morgan fingerprint density at radius 1 is 1.11 bits per heavy atom. The lowest BCUT2D eigenvalue weighted by Crippen LogP contribution is -2.17. The van der Waals surface area contributed by atoms with Gasteiger partial charge >= 0.3 is 0 Å². The number of hydrogen-bond donors (Lipinski definition) is 2. The molecule has 0 atom stereocenters. The molecule has 0 aliphatic rings. The van der Waals surface area contributed by atoms with Crippen LogP contribution in [-0.4, -0.2) is 68.2 Å². The van der Waals surface area contributed by atoms with Crippen LogP contribution >= 0.6 is 0 Å². The van der Waals surface area contributed by atoms with Crippen molar-refractivity contribution in [2.75, 3.05) is 59.0 Å². The number of nitrogen functional groups attached to an aromatic ring is 1. The summed E-state index contributed by atoms with van der Waals surface area (Å²) in [6.07, 6.45) is 1.67. The molecule has 0 amide bonds. The number of aromatic nitrogens is 3. The number of nitrogens with two attached hydrogens (primary N) is 1. The molecule has 0 spiro atoms. The van der Waals surface area contributed by atoms with Gasteiger partial charge in [0.25, 0.3) is 0 Å². The Morgan fingerprint density at radius 2 is 1.74 bits per heavy atom. The third-order valence-corrected chi connectivity index (χ3v) is 2.26. The molecule has 0 aliphatic heterocycles. The third-order valence-electron chi connectivity index (χ3n) is 2.26. The Morgan fingerprint density at radius 3 is 2.32 bits per heavy atom. The number of nitrogens with zero attached hydrogens (tertiary/aromatic N) is 3. The first kappa shape index (κ1) is 15.8. The Hall–Kier alpha value is -1.22. The van der Waals surface area contributed by atoms with E-state index in [2.05, 4.69) is 15.6 Å². The number of nitrogens with one attached hydrogen (secondary N) is 1. The van der Waals surface area contributed by atoms with E-state index in [4.69, 9.17) is 19.9 Å². The molecule has 1 heterocycles. The van der Waals surface area contributed by atoms with E-state index in [-0.39, 0.29) is 0 Å². The summed E-state index contributed by atoms with van der Waals surface area (Å²) in [7, 11) is 1.89. The van der Waals surface area contributed by atoms with Gasteiger partial charge < -0.3 is 25.3 Å². The molecule has 0 fully saturated rings. The van der Waals surface area contributed by atoms with Crippen LogP contribution in [0.25, 0.3) is 0 Å². The van der Waals surface area contributed by atoms with E-state index >= 15 is 0 Å². The van der Waals surface area contributed by atoms with Crippen molar-refractivity contribution in [3.63, 3.8) is 0 Å². The fourth-order valence-corrected chi connectivity index (χ4v) is 1.30. The van der Waals surface area contributed by atoms with Crippen LogP contribution < -0.4 is 11.1 Å². The minimum Gasteiger partial charge on any atom is -0.381 e. The second-order valence-electron chi connectivity index (χ2n) is 3.85. The van der Waals surface area contributed by atoms with E-state index < -0.39 is 0 Å². The maximum Gasteiger partial charge on any atom is 0.165 e. The quantitative estimate of drug-likeness (QED) is 0.478. The van der Waals surface area contributed by atoms with E-state index in [1.54, 1.807) is 10.9 Å². The zero-order valence-electron chi connectivity index (χ0n) is 11.4. The van der Waals surface area contributed by atoms with E-state index in [1.165, 1.54) is 0 Å². The largest absolute Gasteiger partial charge is 0.381 e. The van der Waals surface area contributed by atoms with Crippen molar-refractivity contribution in [1.29, 1.82) is 0 Å². The molecule has 0 aromatic carbocycles. The summed E-state index contributed by atoms with van der Waals surface area (Å²) in [5, 5.41) is 10.5. The van der Waals surface area contributed by atoms with Crippen molar-refractivity contribution >= 4 is 5.82 Å². The fourth-order valence-electron chi connectivity index (χ4n) is 1.30. The Balaban J connectivity index is 1.79. The van der Waals surface area contributed by atoms with Crippen LogP contribution in [0.4, 0.5) is 5.82 Å². The van der Waals surface area contributed by atoms with Crippen LogP contribution in [0.3, 0.4) is 0 Å². The molecule has 8 nitrogen and oxygen atoms in total. The highest BCUT2D eigenvalue weighted by Crippen LogP contribution is 1.92. The molecule has 0 saturated heterocycles. The lowest BCUT2D eigenvalue weighted by molar-refractivity contribution is 0.0135. The number of ether oxygens (including phenoxy) is 3. The molecular weight excluding hydrogens is 250 g/mol. The highest BCUT2D eigenvalue weighted by Gasteiger charge is 1.96. The normalized spacial score (nSPS) is 11.0. The van der Waals surface area contributed by atoms with Crippen molar-refractivity contribution in [2.45, 2.75) is 6.54 Å². The highest BCUT2D eigenvalue weighted by molar-refractivity contribution is 5.19. The summed E-state index contributed by atoms with van der Waals surface area (Å²) in [6.45, 7) is 5.08. The monoisotopic (exact) mass is 273 g/mol. The highest BCUT2D eigenvalue weighted by atomic mass is 16.5. The minimum atomic E-state index is 0.418. The van der Waals surface area contributed by atoms with Gasteiger partial charge in [-0.25, -0.2) is 4.68 Å². The van der Waals surface area contributed by atoms with Gasteiger partial charge in [-0.2, -0.15) is 0 Å². The molecule has 110 valence electrons. The molecule has 1 aromatic rings. The van der Waals surface area contributed by atoms with Gasteiger partial charge in [-0.05, 0) is 7.05 Å². The Kier molecular flexibility index (Phi) is 8.90. The predicted octanol–water partition coefficient (Wildman–Crippen LogP) is -0.870. The molecule has 8 heteroatoms. The first-order valence-electron chi connectivity index (χ1n) is 6.36. The number of likely N-dealkylation sites (N-methyl/N-ethyl adjacent to an activating group) is 1. The van der Waals surface area contributed by atoms with Crippen molar-refractivity contribution in [3.05, 3.63) is 6.20 Å². The van der Waals surface area contributed by atoms with Gasteiger partial charge in [0.2, 0.25) is 0 Å². The SMILES string of the molecule is CNCCOCCOCCOCCn1cc(N)nn1. The van der Waals surface area contributed by atoms with Crippen LogP contribution in [0.5, 0.6) is 0 Å². The van der Waals surface area contributed by atoms with Crippen LogP contribution in [0, 0.1) is 0 Å². The summed E-state index contributed by atoms with van der Waals surface area (Å²) >= 11 is 0. The molecule has 1 rings (SSSR count). The van der Waals surface area contributed by atoms with Gasteiger partial charge in [-0.3, -0.25) is 0 Å². The van der Waals surface area contributed by atoms with Gasteiger partial charge in [0, 0.05) is 6.54 Å². The topological polar surface area (TPSA) is 96.5 Å². The molecule has 1 aromatic heterocycles. The van der Waals surface area contributed by atoms with Crippen molar-refractivity contribution in [2.24, 2.45) is 0 Å². The molecule has 0 unspecified atom stereocenters. The molecule has 3 N–H and O–H groups in total. The van der Waals surface area contributed by atoms with Crippen LogP contribution in [0.2, 0.25) is 0 Å². The Bertz CT molecular complexity index is 321. The van der Waals surface area contributed by atoms with Crippen LogP contribution in [0.1, 0.15) is 0 Å². The summed E-state index contributed by atoms with van der Waals surface area (Å²) in [5.74, 6) is 0.418. The Labute approximate surface area is 113 Å². The van der Waals surface area contributed by atoms with E-state index in [0.717, 1.165) is 6.54 Å². The van der Waals surface area contributed by atoms with Crippen LogP contribution in [-0.2, 0) is 20.8 Å². The van der Waals surface area contributed by atoms with Gasteiger partial charge in [-0.15, -0.1) is 5.10 Å². The lowest BCUT2D eigenvalue weighted by Gasteiger charge is -2.06. The molecule has 0 radical (unpaired) electrons. The second-order valence-corrected chi connectivity index (χ2v) is 3.85. The molecule has 0 aliphatic carbocycles. The zero-order valence-corrected chi connectivity index (χ0v) is 11.4. The van der Waals surface area contributed by atoms with Gasteiger partial charge in [-0.1, -0.05) is 5.21 Å². The van der Waals surface area contributed by atoms with Crippen molar-refractivity contribution in [1.82, 2.24) is 20.3 Å². The maximum absolute atomic E-state index is 5.44. The van der Waals surface area contributed by atoms with Crippen LogP contribution in [0.15, 0.2) is 6.20 Å². The molecule has 0 bridgehead atoms. The zero-order chi connectivity index (χ0) is 13.8. The first-order valence-corrected chi connectivity index (χ1v) is 6.36. The average Bonchev–Trinajstić information content (AvgIpc) is 2.82. The standard InChI is InChI=1S/C11H23N5O3/c1-13-2-4-17-6-8-19-9-7-18-5-3-16-10-11(12)14-15-16/h10,13H,2-9,12H2,1H3. The molecular formula is C11H23N5O3. The average molecular weight is 273 g/mol. The smallest absolute Gasteiger partial charge is 0.165 e. The number of hydrogen-bond acceptors (Lipinski definition) is 7. The fraction of sp³-hybridized carbons (Fsp3) is 0.818. The van der Waals surface area contributed by atoms with Crippen molar-refractivity contribution < 1.29 is 14.2 Å². The van der Waals surface area contributed by atoms with Crippen molar-refractivity contribution in [3.8, 4) is 0 Å². The number of rotatable bonds is 12. The third kappa shape index (κ3) is 8.49. The molecule has 19 heavy (non-hydrogen) atoms. The number of anilines is 1. The van der Waals surface area contributed by atoms with Gasteiger partial charge in [0.15, 0.2) is 5.82 Å². The summed E-state index contributed by atoms with van der Waals surface area (Å²) in [6, 6.07) is 0. The predicted molar refractivity (Wildman–Crippen MR) is 70.8 cm³/mol. The summed E-state index contributed by atoms with van der Waals surface area (Å²) < 4.78 is 17.7. The van der Waals surface area contributed by atoms with Gasteiger partial charge in [0.05, 0.1) is 52.4 Å². The maximum atomic E-state index is 5.44. The first-order chi connectivity index (χ1) is 9.33. The van der Waals surface area contributed by atoms with E-state index in [0.29, 0.717) is 52.0 Å². The summed E-state index contributed by atoms with van der Waals surface area (Å²) in [4.78, 5) is 0. The minimum absolute atomic E-state index is 0.418. The molecule has 0 saturated carbocycles. The van der Waals surface area contributed by atoms with E-state index in [9.17, 15) is 0 Å². The van der Waals surface area contributed by atoms with Gasteiger partial charge in [0.1, 0.15) is 0 Å². The lowest BCUT2D eigenvalue weighted by atomic mass is 10.6. The van der Waals surface area contributed by atoms with E-state index in [1.807, 2.05) is 7.05 Å². The second kappa shape index (κ2) is 10.7.